The molecule has 0 saturated carbocycles. The van der Waals surface area contributed by atoms with Gasteiger partial charge in [0.2, 0.25) is 6.29 Å². The summed E-state index contributed by atoms with van der Waals surface area (Å²) in [6, 6.07) is 0. The van der Waals surface area contributed by atoms with Crippen LogP contribution in [0, 0.1) is 21.7 Å². The van der Waals surface area contributed by atoms with E-state index in [9.17, 15) is 19.2 Å². The SMILES string of the molecule is CCC(C)(C)C(=O)OC1C[C@@H](OC(=O)C(C)(C)C)OC(COC(=O)C(C)(C)C)[C@H]1OC(=O)C(C)(C)C. The first-order chi connectivity index (χ1) is 16.1. The van der Waals surface area contributed by atoms with Gasteiger partial charge in [-0.25, -0.2) is 0 Å². The zero-order chi connectivity index (χ0) is 28.3. The monoisotopic (exact) mass is 514 g/mol. The summed E-state index contributed by atoms with van der Waals surface area (Å²) in [6.45, 7) is 20.4. The Morgan fingerprint density at radius 3 is 1.61 bits per heavy atom. The summed E-state index contributed by atoms with van der Waals surface area (Å²) in [5.74, 6) is -2.02. The van der Waals surface area contributed by atoms with E-state index in [0.29, 0.717) is 6.42 Å². The third-order valence-electron chi connectivity index (χ3n) is 5.88. The molecule has 208 valence electrons. The van der Waals surface area contributed by atoms with Crippen LogP contribution < -0.4 is 0 Å². The maximum Gasteiger partial charge on any atom is 0.313 e. The fourth-order valence-corrected chi connectivity index (χ4v) is 2.78. The molecule has 9 nitrogen and oxygen atoms in total. The van der Waals surface area contributed by atoms with Crippen LogP contribution in [0.3, 0.4) is 0 Å². The number of esters is 4. The molecule has 4 atom stereocenters. The number of carbonyl (C=O) groups is 4. The third kappa shape index (κ3) is 9.05. The van der Waals surface area contributed by atoms with Gasteiger partial charge in [-0.05, 0) is 82.6 Å². The van der Waals surface area contributed by atoms with Crippen LogP contribution in [0.1, 0.15) is 95.9 Å². The highest BCUT2D eigenvalue weighted by atomic mass is 16.7. The molecule has 0 N–H and O–H groups in total. The minimum absolute atomic E-state index is 0.0425. The summed E-state index contributed by atoms with van der Waals surface area (Å²) in [7, 11) is 0. The molecule has 0 aliphatic carbocycles. The van der Waals surface area contributed by atoms with Crippen molar-refractivity contribution >= 4 is 23.9 Å². The molecule has 0 amide bonds. The van der Waals surface area contributed by atoms with Gasteiger partial charge in [-0.3, -0.25) is 19.2 Å². The van der Waals surface area contributed by atoms with Crippen LogP contribution >= 0.6 is 0 Å². The third-order valence-corrected chi connectivity index (χ3v) is 5.88. The molecule has 0 aromatic rings. The summed E-state index contributed by atoms with van der Waals surface area (Å²) < 4.78 is 28.7. The molecule has 0 aromatic carbocycles. The van der Waals surface area contributed by atoms with Gasteiger partial charge in [0.25, 0.3) is 0 Å². The van der Waals surface area contributed by atoms with E-state index in [1.165, 1.54) is 0 Å². The van der Waals surface area contributed by atoms with Gasteiger partial charge in [-0.1, -0.05) is 6.92 Å². The zero-order valence-electron chi connectivity index (χ0n) is 24.1. The average Bonchev–Trinajstić information content (AvgIpc) is 2.71. The highest BCUT2D eigenvalue weighted by Crippen LogP contribution is 2.33. The number of ether oxygens (including phenoxy) is 5. The van der Waals surface area contributed by atoms with Gasteiger partial charge in [0.1, 0.15) is 18.8 Å². The van der Waals surface area contributed by atoms with Crippen molar-refractivity contribution in [3.05, 3.63) is 0 Å². The second-order valence-corrected chi connectivity index (χ2v) is 13.1. The van der Waals surface area contributed by atoms with E-state index in [0.717, 1.165) is 0 Å². The predicted octanol–water partition coefficient (Wildman–Crippen LogP) is 4.59. The molecule has 1 fully saturated rings. The van der Waals surface area contributed by atoms with E-state index < -0.39 is 70.1 Å². The molecule has 1 saturated heterocycles. The number of carbonyl (C=O) groups excluding carboxylic acids is 4. The first-order valence-corrected chi connectivity index (χ1v) is 12.6. The Morgan fingerprint density at radius 2 is 1.17 bits per heavy atom. The normalized spacial score (nSPS) is 23.4. The van der Waals surface area contributed by atoms with Gasteiger partial charge in [0.15, 0.2) is 6.10 Å². The molecular formula is C27H46O9. The minimum Gasteiger partial charge on any atom is -0.462 e. The Kier molecular flexibility index (Phi) is 10.2. The average molecular weight is 515 g/mol. The molecule has 0 radical (unpaired) electrons. The van der Waals surface area contributed by atoms with Crippen LogP contribution in [-0.2, 0) is 42.9 Å². The highest BCUT2D eigenvalue weighted by molar-refractivity contribution is 5.77. The lowest BCUT2D eigenvalue weighted by Gasteiger charge is -2.42. The maximum absolute atomic E-state index is 13.0. The van der Waals surface area contributed by atoms with Crippen molar-refractivity contribution in [3.63, 3.8) is 0 Å². The molecule has 2 unspecified atom stereocenters. The number of hydrogen-bond acceptors (Lipinski definition) is 9. The molecule has 9 heteroatoms. The molecule has 1 heterocycles. The van der Waals surface area contributed by atoms with Crippen LogP contribution in [-0.4, -0.2) is 55.1 Å². The highest BCUT2D eigenvalue weighted by Gasteiger charge is 2.48. The van der Waals surface area contributed by atoms with E-state index in [1.807, 2.05) is 6.92 Å². The summed E-state index contributed by atoms with van der Waals surface area (Å²) in [4.78, 5) is 50.9. The van der Waals surface area contributed by atoms with Crippen molar-refractivity contribution in [2.45, 2.75) is 121 Å². The predicted molar refractivity (Wildman–Crippen MR) is 133 cm³/mol. The molecule has 1 aliphatic rings. The van der Waals surface area contributed by atoms with Crippen LogP contribution in [0.15, 0.2) is 0 Å². The van der Waals surface area contributed by atoms with Crippen molar-refractivity contribution in [2.24, 2.45) is 21.7 Å². The van der Waals surface area contributed by atoms with Crippen LogP contribution in [0.25, 0.3) is 0 Å². The Bertz CT molecular complexity index is 809. The van der Waals surface area contributed by atoms with E-state index in [4.69, 9.17) is 23.7 Å². The Hall–Kier alpha value is -2.16. The Morgan fingerprint density at radius 1 is 0.694 bits per heavy atom. The minimum atomic E-state index is -1.10. The number of hydrogen-bond donors (Lipinski definition) is 0. The van der Waals surface area contributed by atoms with Gasteiger partial charge >= 0.3 is 23.9 Å². The van der Waals surface area contributed by atoms with E-state index in [1.54, 1.807) is 76.2 Å². The van der Waals surface area contributed by atoms with E-state index in [2.05, 4.69) is 0 Å². The van der Waals surface area contributed by atoms with Gasteiger partial charge < -0.3 is 23.7 Å². The van der Waals surface area contributed by atoms with E-state index >= 15 is 0 Å². The first kappa shape index (κ1) is 31.9. The van der Waals surface area contributed by atoms with Crippen molar-refractivity contribution in [2.75, 3.05) is 6.61 Å². The summed E-state index contributed by atoms with van der Waals surface area (Å²) in [5.41, 5.74) is -3.22. The van der Waals surface area contributed by atoms with Crippen LogP contribution in [0.2, 0.25) is 0 Å². The lowest BCUT2D eigenvalue weighted by atomic mass is 9.90. The van der Waals surface area contributed by atoms with Crippen LogP contribution in [0.4, 0.5) is 0 Å². The first-order valence-electron chi connectivity index (χ1n) is 12.6. The van der Waals surface area contributed by atoms with Crippen molar-refractivity contribution in [3.8, 4) is 0 Å². The molecule has 0 aromatic heterocycles. The standard InChI is InChI=1S/C27H46O9/c1-13-27(11,12)23(31)34-16-14-18(35-21(29)25(5,6)7)33-17(15-32-20(28)24(2,3)4)19(16)36-22(30)26(8,9)10/h16-19H,13-15H2,1-12H3/t16?,17?,18-,19+/m1/s1. The van der Waals surface area contributed by atoms with Gasteiger partial charge in [-0.2, -0.15) is 0 Å². The molecule has 1 aliphatic heterocycles. The second kappa shape index (κ2) is 11.5. The van der Waals surface area contributed by atoms with Crippen molar-refractivity contribution < 1.29 is 42.9 Å². The topological polar surface area (TPSA) is 114 Å². The molecule has 0 bridgehead atoms. The zero-order valence-corrected chi connectivity index (χ0v) is 24.1. The Balaban J connectivity index is 3.37. The molecule has 1 rings (SSSR count). The quantitative estimate of drug-likeness (QED) is 0.355. The fraction of sp³-hybridized carbons (Fsp3) is 0.852. The van der Waals surface area contributed by atoms with Crippen molar-refractivity contribution in [1.82, 2.24) is 0 Å². The molecule has 0 spiro atoms. The van der Waals surface area contributed by atoms with Crippen molar-refractivity contribution in [1.29, 1.82) is 0 Å². The van der Waals surface area contributed by atoms with E-state index in [-0.39, 0.29) is 13.0 Å². The lowest BCUT2D eigenvalue weighted by Crippen LogP contribution is -2.56. The van der Waals surface area contributed by atoms with Gasteiger partial charge in [0, 0.05) is 0 Å². The summed E-state index contributed by atoms with van der Waals surface area (Å²) >= 11 is 0. The van der Waals surface area contributed by atoms with Gasteiger partial charge in [0.05, 0.1) is 28.1 Å². The smallest absolute Gasteiger partial charge is 0.313 e. The fourth-order valence-electron chi connectivity index (χ4n) is 2.78. The Labute approximate surface area is 215 Å². The molecular weight excluding hydrogens is 468 g/mol. The van der Waals surface area contributed by atoms with Gasteiger partial charge in [-0.15, -0.1) is 0 Å². The summed E-state index contributed by atoms with van der Waals surface area (Å²) in [5, 5.41) is 0. The molecule has 36 heavy (non-hydrogen) atoms. The lowest BCUT2D eigenvalue weighted by molar-refractivity contribution is -0.267. The maximum atomic E-state index is 13.0. The number of rotatable bonds is 7. The largest absolute Gasteiger partial charge is 0.462 e. The second-order valence-electron chi connectivity index (χ2n) is 13.1. The van der Waals surface area contributed by atoms with Crippen LogP contribution in [0.5, 0.6) is 0 Å². The summed E-state index contributed by atoms with van der Waals surface area (Å²) in [6.07, 6.45) is -3.71.